The van der Waals surface area contributed by atoms with Crippen LogP contribution in [0.25, 0.3) is 11.3 Å². The minimum atomic E-state index is 0.0140. The zero-order chi connectivity index (χ0) is 26.6. The summed E-state index contributed by atoms with van der Waals surface area (Å²) >= 11 is 0. The van der Waals surface area contributed by atoms with Gasteiger partial charge in [-0.3, -0.25) is 9.59 Å². The first kappa shape index (κ1) is 25.6. The van der Waals surface area contributed by atoms with Crippen molar-refractivity contribution in [3.63, 3.8) is 0 Å². The summed E-state index contributed by atoms with van der Waals surface area (Å²) in [6.45, 7) is 8.70. The standard InChI is InChI=1S/C29H35N5O4/c1-21-6-4-5-7-25(21)32-13-15-33(16-14-32)29(36)20-34-17-12-31(11-10-28(34)35)23-8-9-24(26(18-23)37-3)27-19-30-22(2)38-27/h4-9,18-19H,10-17,20H2,1-3H3. The van der Waals surface area contributed by atoms with E-state index in [0.717, 1.165) is 24.3 Å². The summed E-state index contributed by atoms with van der Waals surface area (Å²) in [6.07, 6.45) is 2.05. The van der Waals surface area contributed by atoms with Gasteiger partial charge in [0.2, 0.25) is 11.8 Å². The van der Waals surface area contributed by atoms with Gasteiger partial charge in [-0.2, -0.15) is 0 Å². The molecule has 2 aliphatic rings. The van der Waals surface area contributed by atoms with Gasteiger partial charge in [-0.1, -0.05) is 18.2 Å². The van der Waals surface area contributed by atoms with Gasteiger partial charge in [-0.05, 0) is 30.7 Å². The molecule has 9 heteroatoms. The van der Waals surface area contributed by atoms with E-state index in [9.17, 15) is 9.59 Å². The molecule has 0 spiro atoms. The lowest BCUT2D eigenvalue weighted by Crippen LogP contribution is -2.52. The molecule has 3 heterocycles. The number of carbonyl (C=O) groups excluding carboxylic acids is 2. The highest BCUT2D eigenvalue weighted by molar-refractivity contribution is 5.85. The predicted octanol–water partition coefficient (Wildman–Crippen LogP) is 3.35. The van der Waals surface area contributed by atoms with Crippen molar-refractivity contribution in [2.24, 2.45) is 0 Å². The van der Waals surface area contributed by atoms with Gasteiger partial charge in [-0.25, -0.2) is 4.98 Å². The van der Waals surface area contributed by atoms with Crippen molar-refractivity contribution < 1.29 is 18.7 Å². The van der Waals surface area contributed by atoms with Crippen molar-refractivity contribution in [3.8, 4) is 17.1 Å². The smallest absolute Gasteiger partial charge is 0.242 e. The first-order valence-corrected chi connectivity index (χ1v) is 13.1. The summed E-state index contributed by atoms with van der Waals surface area (Å²) in [6, 6.07) is 14.3. The summed E-state index contributed by atoms with van der Waals surface area (Å²) in [5.74, 6) is 1.97. The zero-order valence-electron chi connectivity index (χ0n) is 22.4. The average molecular weight is 518 g/mol. The Morgan fingerprint density at radius 2 is 1.74 bits per heavy atom. The summed E-state index contributed by atoms with van der Waals surface area (Å²) in [4.78, 5) is 38.3. The van der Waals surface area contributed by atoms with E-state index >= 15 is 0 Å². The van der Waals surface area contributed by atoms with E-state index in [0.29, 0.717) is 56.5 Å². The Kier molecular flexibility index (Phi) is 7.53. The van der Waals surface area contributed by atoms with Crippen LogP contribution < -0.4 is 14.5 Å². The normalized spacial score (nSPS) is 16.6. The number of amides is 2. The minimum absolute atomic E-state index is 0.0140. The quantitative estimate of drug-likeness (QED) is 0.496. The van der Waals surface area contributed by atoms with E-state index in [1.165, 1.54) is 11.3 Å². The Bertz CT molecular complexity index is 1300. The summed E-state index contributed by atoms with van der Waals surface area (Å²) in [7, 11) is 1.63. The number of hydrogen-bond donors (Lipinski definition) is 0. The van der Waals surface area contributed by atoms with Gasteiger partial charge in [-0.15, -0.1) is 0 Å². The number of anilines is 2. The van der Waals surface area contributed by atoms with Gasteiger partial charge in [0, 0.05) is 76.6 Å². The van der Waals surface area contributed by atoms with Crippen LogP contribution in [-0.2, 0) is 9.59 Å². The molecule has 2 fully saturated rings. The SMILES string of the molecule is COc1cc(N2CCC(=O)N(CC(=O)N3CCN(c4ccccc4C)CC3)CC2)ccc1-c1cnc(C)o1. The largest absolute Gasteiger partial charge is 0.496 e. The van der Waals surface area contributed by atoms with Crippen LogP contribution in [0.2, 0.25) is 0 Å². The Hall–Kier alpha value is -4.01. The molecule has 2 amide bonds. The molecule has 2 aromatic carbocycles. The molecule has 2 aliphatic heterocycles. The van der Waals surface area contributed by atoms with E-state index in [4.69, 9.17) is 9.15 Å². The van der Waals surface area contributed by atoms with Crippen LogP contribution in [0, 0.1) is 13.8 Å². The molecule has 9 nitrogen and oxygen atoms in total. The number of para-hydroxylation sites is 1. The first-order valence-electron chi connectivity index (χ1n) is 13.1. The number of nitrogens with zero attached hydrogens (tertiary/aromatic N) is 5. The van der Waals surface area contributed by atoms with E-state index < -0.39 is 0 Å². The van der Waals surface area contributed by atoms with Crippen LogP contribution in [0.4, 0.5) is 11.4 Å². The van der Waals surface area contributed by atoms with Gasteiger partial charge in [0.1, 0.15) is 5.75 Å². The van der Waals surface area contributed by atoms with Crippen molar-refractivity contribution in [1.82, 2.24) is 14.8 Å². The number of ether oxygens (including phenoxy) is 1. The number of aryl methyl sites for hydroxylation is 2. The molecule has 0 aliphatic carbocycles. The molecule has 0 unspecified atom stereocenters. The molecule has 0 saturated carbocycles. The Balaban J connectivity index is 1.18. The topological polar surface area (TPSA) is 82.4 Å². The Labute approximate surface area is 223 Å². The van der Waals surface area contributed by atoms with Gasteiger partial charge in [0.25, 0.3) is 0 Å². The molecule has 1 aromatic heterocycles. The average Bonchev–Trinajstić information content (AvgIpc) is 3.29. The molecule has 2 saturated heterocycles. The number of carbonyl (C=O) groups is 2. The second kappa shape index (κ2) is 11.2. The van der Waals surface area contributed by atoms with Gasteiger partial charge in [0.15, 0.2) is 11.7 Å². The third-order valence-corrected chi connectivity index (χ3v) is 7.44. The van der Waals surface area contributed by atoms with Crippen LogP contribution in [-0.4, -0.2) is 86.1 Å². The number of oxazole rings is 1. The molecule has 0 bridgehead atoms. The second-order valence-corrected chi connectivity index (χ2v) is 9.83. The highest BCUT2D eigenvalue weighted by Crippen LogP contribution is 2.34. The van der Waals surface area contributed by atoms with E-state index in [1.807, 2.05) is 29.2 Å². The van der Waals surface area contributed by atoms with Crippen LogP contribution in [0.5, 0.6) is 5.75 Å². The molecule has 0 radical (unpaired) electrons. The van der Waals surface area contributed by atoms with Gasteiger partial charge >= 0.3 is 0 Å². The van der Waals surface area contributed by atoms with Crippen LogP contribution in [0.1, 0.15) is 17.9 Å². The van der Waals surface area contributed by atoms with E-state index in [1.54, 1.807) is 25.1 Å². The van der Waals surface area contributed by atoms with Gasteiger partial charge < -0.3 is 28.8 Å². The first-order chi connectivity index (χ1) is 18.4. The maximum atomic E-state index is 13.1. The van der Waals surface area contributed by atoms with Crippen molar-refractivity contribution in [2.75, 3.05) is 69.3 Å². The minimum Gasteiger partial charge on any atom is -0.496 e. The van der Waals surface area contributed by atoms with Crippen molar-refractivity contribution in [1.29, 1.82) is 0 Å². The third kappa shape index (κ3) is 5.46. The molecular formula is C29H35N5O4. The van der Waals surface area contributed by atoms with Gasteiger partial charge in [0.05, 0.1) is 25.4 Å². The number of rotatable bonds is 6. The van der Waals surface area contributed by atoms with Crippen LogP contribution >= 0.6 is 0 Å². The van der Waals surface area contributed by atoms with Crippen molar-refractivity contribution in [3.05, 3.63) is 60.1 Å². The van der Waals surface area contributed by atoms with Crippen molar-refractivity contribution in [2.45, 2.75) is 20.3 Å². The van der Waals surface area contributed by atoms with E-state index in [2.05, 4.69) is 39.9 Å². The highest BCUT2D eigenvalue weighted by Gasteiger charge is 2.27. The third-order valence-electron chi connectivity index (χ3n) is 7.44. The van der Waals surface area contributed by atoms with Crippen molar-refractivity contribution >= 4 is 23.2 Å². The lowest BCUT2D eigenvalue weighted by atomic mass is 10.1. The highest BCUT2D eigenvalue weighted by atomic mass is 16.5. The molecule has 0 atom stereocenters. The maximum absolute atomic E-state index is 13.1. The molecule has 200 valence electrons. The number of methoxy groups -OCH3 is 1. The fourth-order valence-corrected chi connectivity index (χ4v) is 5.24. The maximum Gasteiger partial charge on any atom is 0.242 e. The fraction of sp³-hybridized carbons (Fsp3) is 0.414. The monoisotopic (exact) mass is 517 g/mol. The number of piperazine rings is 1. The Morgan fingerprint density at radius 3 is 2.45 bits per heavy atom. The second-order valence-electron chi connectivity index (χ2n) is 9.83. The Morgan fingerprint density at radius 1 is 0.974 bits per heavy atom. The molecule has 5 rings (SSSR count). The number of aromatic nitrogens is 1. The van der Waals surface area contributed by atoms with Crippen LogP contribution in [0.3, 0.4) is 0 Å². The predicted molar refractivity (Wildman–Crippen MR) is 147 cm³/mol. The molecule has 0 N–H and O–H groups in total. The summed E-state index contributed by atoms with van der Waals surface area (Å²) in [5.41, 5.74) is 4.27. The lowest BCUT2D eigenvalue weighted by Gasteiger charge is -2.37. The van der Waals surface area contributed by atoms with Crippen LogP contribution in [0.15, 0.2) is 53.1 Å². The van der Waals surface area contributed by atoms with E-state index in [-0.39, 0.29) is 18.4 Å². The molecular weight excluding hydrogens is 482 g/mol. The molecule has 3 aromatic rings. The summed E-state index contributed by atoms with van der Waals surface area (Å²) < 4.78 is 11.3. The number of hydrogen-bond acceptors (Lipinski definition) is 7. The lowest BCUT2D eigenvalue weighted by molar-refractivity contribution is -0.140. The molecule has 38 heavy (non-hydrogen) atoms. The number of benzene rings is 2. The fourth-order valence-electron chi connectivity index (χ4n) is 5.24. The summed E-state index contributed by atoms with van der Waals surface area (Å²) in [5, 5.41) is 0. The zero-order valence-corrected chi connectivity index (χ0v) is 22.4.